The summed E-state index contributed by atoms with van der Waals surface area (Å²) in [5, 5.41) is 5.85. The molecule has 0 saturated carbocycles. The average molecular weight is 501 g/mol. The number of nitrogens with one attached hydrogen (secondary N) is 2. The number of aromatic nitrogens is 1. The summed E-state index contributed by atoms with van der Waals surface area (Å²) >= 11 is 0. The van der Waals surface area contributed by atoms with E-state index in [4.69, 9.17) is 16.3 Å². The van der Waals surface area contributed by atoms with Crippen LogP contribution in [0.3, 0.4) is 0 Å². The highest BCUT2D eigenvalue weighted by atomic mass is 35.5. The smallest absolute Gasteiger partial charge is 0.275 e. The lowest BCUT2D eigenvalue weighted by atomic mass is 10.1. The molecule has 0 radical (unpaired) electrons. The van der Waals surface area contributed by atoms with Crippen molar-refractivity contribution in [3.63, 3.8) is 0 Å². The van der Waals surface area contributed by atoms with Gasteiger partial charge in [0.15, 0.2) is 6.23 Å². The number of carbonyl (C=O) groups excluding carboxylic acids is 1. The maximum atomic E-state index is 13.1. The summed E-state index contributed by atoms with van der Waals surface area (Å²) in [5.74, 6) is -0.961. The molecule has 1 atom stereocenters. The van der Waals surface area contributed by atoms with E-state index in [1.807, 2.05) is 13.8 Å². The van der Waals surface area contributed by atoms with Gasteiger partial charge in [0.25, 0.3) is 15.6 Å². The predicted molar refractivity (Wildman–Crippen MR) is 129 cm³/mol. The second kappa shape index (κ2) is 11.6. The van der Waals surface area contributed by atoms with E-state index < -0.39 is 27.7 Å². The van der Waals surface area contributed by atoms with E-state index in [1.54, 1.807) is 25.1 Å². The molecular weight excluding hydrogens is 472 g/mol. The molecule has 0 fully saturated rings. The topological polar surface area (TPSA) is 171 Å². The molecule has 1 aromatic heterocycles. The Labute approximate surface area is 198 Å². The normalized spacial score (nSPS) is 11.8. The van der Waals surface area contributed by atoms with Gasteiger partial charge in [-0.1, -0.05) is 26.0 Å². The zero-order valence-corrected chi connectivity index (χ0v) is 20.4. The van der Waals surface area contributed by atoms with Crippen molar-refractivity contribution in [1.29, 1.82) is 0 Å². The average Bonchev–Trinajstić information content (AvgIpc) is 2.69. The first-order valence-corrected chi connectivity index (χ1v) is 11.3. The van der Waals surface area contributed by atoms with Gasteiger partial charge in [-0.2, -0.15) is 0 Å². The summed E-state index contributed by atoms with van der Waals surface area (Å²) in [6.07, 6.45) is -0.856. The van der Waals surface area contributed by atoms with Crippen LogP contribution in [0.25, 0.3) is 0 Å². The Morgan fingerprint density at radius 1 is 1.18 bits per heavy atom. The molecule has 0 aliphatic carbocycles. The number of benzene rings is 1. The number of carbonyl (C=O) groups is 1. The number of halogens is 1. The van der Waals surface area contributed by atoms with Gasteiger partial charge in [-0.25, -0.2) is 8.42 Å². The van der Waals surface area contributed by atoms with E-state index in [0.29, 0.717) is 5.69 Å². The number of nitrogens with zero attached hydrogens (tertiary/aromatic N) is 2. The fourth-order valence-corrected chi connectivity index (χ4v) is 4.07. The summed E-state index contributed by atoms with van der Waals surface area (Å²) in [4.78, 5) is 30.4. The van der Waals surface area contributed by atoms with Crippen molar-refractivity contribution >= 4 is 40.0 Å². The van der Waals surface area contributed by atoms with Crippen LogP contribution >= 0.6 is 12.4 Å². The van der Waals surface area contributed by atoms with Crippen LogP contribution in [-0.4, -0.2) is 31.1 Å². The van der Waals surface area contributed by atoms with Crippen molar-refractivity contribution in [3.05, 3.63) is 58.0 Å². The quantitative estimate of drug-likeness (QED) is 0.173. The van der Waals surface area contributed by atoms with Crippen LogP contribution < -0.4 is 27.1 Å². The zero-order chi connectivity index (χ0) is 24.1. The molecule has 1 unspecified atom stereocenters. The molecule has 33 heavy (non-hydrogen) atoms. The lowest BCUT2D eigenvalue weighted by Crippen LogP contribution is -2.40. The Bertz CT molecular complexity index is 1180. The molecule has 0 aliphatic rings. The van der Waals surface area contributed by atoms with Gasteiger partial charge in [-0.3, -0.25) is 14.3 Å². The standard InChI is InChI=1S/C20H28N6O5S.ClH/c1-12(2)17-9-8-16(25-32(29,30)15-7-5-6-13(3)10-15)19(28)26(17)11-18(27)23-14(4)31-24-20(21)22;/h5-10,12,14,25H,11H2,1-4H3,(H,23,27)(H4,21,22,24);1H. The third-order valence-electron chi connectivity index (χ3n) is 4.33. The summed E-state index contributed by atoms with van der Waals surface area (Å²) in [7, 11) is -3.99. The molecule has 0 spiro atoms. The van der Waals surface area contributed by atoms with E-state index in [9.17, 15) is 18.0 Å². The van der Waals surface area contributed by atoms with Crippen molar-refractivity contribution in [1.82, 2.24) is 9.88 Å². The van der Waals surface area contributed by atoms with Gasteiger partial charge >= 0.3 is 0 Å². The Balaban J connectivity index is 0.00000544. The van der Waals surface area contributed by atoms with E-state index in [2.05, 4.69) is 15.2 Å². The molecule has 0 aliphatic heterocycles. The number of rotatable bonds is 9. The van der Waals surface area contributed by atoms with Gasteiger partial charge < -0.3 is 26.2 Å². The molecule has 0 saturated heterocycles. The Kier molecular flexibility index (Phi) is 9.74. The van der Waals surface area contributed by atoms with E-state index in [-0.39, 0.29) is 41.4 Å². The molecule has 1 heterocycles. The molecule has 2 rings (SSSR count). The van der Waals surface area contributed by atoms with Gasteiger partial charge in [0, 0.05) is 5.69 Å². The number of hydrogen-bond acceptors (Lipinski definition) is 6. The molecule has 2 aromatic rings. The second-order valence-corrected chi connectivity index (χ2v) is 9.15. The first kappa shape index (κ1) is 27.8. The Morgan fingerprint density at radius 3 is 2.42 bits per heavy atom. The number of amides is 1. The van der Waals surface area contributed by atoms with Gasteiger partial charge in [-0.05, 0) is 54.8 Å². The SMILES string of the molecule is Cc1cccc(S(=O)(=O)Nc2ccc(C(C)C)n(CC(=O)NC(C)ON=C(N)N)c2=O)c1.Cl. The van der Waals surface area contributed by atoms with Crippen molar-refractivity contribution in [2.75, 3.05) is 4.72 Å². The number of hydrogen-bond donors (Lipinski definition) is 4. The van der Waals surface area contributed by atoms with Crippen LogP contribution in [0.4, 0.5) is 5.69 Å². The van der Waals surface area contributed by atoms with Gasteiger partial charge in [0.05, 0.1) is 4.90 Å². The van der Waals surface area contributed by atoms with Gasteiger partial charge in [0.2, 0.25) is 11.9 Å². The fourth-order valence-electron chi connectivity index (χ4n) is 2.91. The third-order valence-corrected chi connectivity index (χ3v) is 5.69. The summed E-state index contributed by atoms with van der Waals surface area (Å²) in [6, 6.07) is 9.30. The zero-order valence-electron chi connectivity index (χ0n) is 18.7. The molecule has 0 bridgehead atoms. The Hall–Kier alpha value is -3.25. The predicted octanol–water partition coefficient (Wildman–Crippen LogP) is 1.17. The van der Waals surface area contributed by atoms with E-state index in [1.165, 1.54) is 29.7 Å². The van der Waals surface area contributed by atoms with Gasteiger partial charge in [-0.15, -0.1) is 12.4 Å². The molecule has 13 heteroatoms. The van der Waals surface area contributed by atoms with Crippen molar-refractivity contribution in [2.45, 2.75) is 51.3 Å². The number of anilines is 1. The number of nitrogens with two attached hydrogens (primary N) is 2. The Morgan fingerprint density at radius 2 is 1.85 bits per heavy atom. The minimum absolute atomic E-state index is 0. The van der Waals surface area contributed by atoms with Crippen LogP contribution in [0, 0.1) is 6.92 Å². The molecular formula is C20H29ClN6O5S. The largest absolute Gasteiger partial charge is 0.368 e. The second-order valence-electron chi connectivity index (χ2n) is 7.47. The van der Waals surface area contributed by atoms with Crippen LogP contribution in [0.1, 0.15) is 37.9 Å². The first-order valence-electron chi connectivity index (χ1n) is 9.78. The molecule has 1 amide bonds. The number of guanidine groups is 1. The van der Waals surface area contributed by atoms with E-state index in [0.717, 1.165) is 5.56 Å². The maximum absolute atomic E-state index is 13.1. The summed E-state index contributed by atoms with van der Waals surface area (Å²) < 4.78 is 29.0. The third kappa shape index (κ3) is 7.68. The summed E-state index contributed by atoms with van der Waals surface area (Å²) in [6.45, 7) is 6.61. The highest BCUT2D eigenvalue weighted by Gasteiger charge is 2.20. The number of oxime groups is 1. The van der Waals surface area contributed by atoms with Crippen molar-refractivity contribution in [2.24, 2.45) is 16.6 Å². The lowest BCUT2D eigenvalue weighted by molar-refractivity contribution is -0.125. The highest BCUT2D eigenvalue weighted by molar-refractivity contribution is 7.92. The minimum Gasteiger partial charge on any atom is -0.368 e. The van der Waals surface area contributed by atoms with E-state index >= 15 is 0 Å². The monoisotopic (exact) mass is 500 g/mol. The van der Waals surface area contributed by atoms with Gasteiger partial charge in [0.1, 0.15) is 12.2 Å². The van der Waals surface area contributed by atoms with Crippen LogP contribution in [0.2, 0.25) is 0 Å². The van der Waals surface area contributed by atoms with Crippen LogP contribution in [0.5, 0.6) is 0 Å². The molecule has 1 aromatic carbocycles. The van der Waals surface area contributed by atoms with Crippen molar-refractivity contribution in [3.8, 4) is 0 Å². The van der Waals surface area contributed by atoms with Crippen molar-refractivity contribution < 1.29 is 18.0 Å². The molecule has 11 nitrogen and oxygen atoms in total. The number of sulfonamides is 1. The highest BCUT2D eigenvalue weighted by Crippen LogP contribution is 2.18. The maximum Gasteiger partial charge on any atom is 0.275 e. The first-order chi connectivity index (χ1) is 14.9. The van der Waals surface area contributed by atoms with Crippen LogP contribution in [0.15, 0.2) is 51.2 Å². The summed E-state index contributed by atoms with van der Waals surface area (Å²) in [5.41, 5.74) is 10.8. The lowest BCUT2D eigenvalue weighted by Gasteiger charge is -2.18. The molecule has 182 valence electrons. The minimum atomic E-state index is -3.99. The number of aryl methyl sites for hydroxylation is 1. The molecule has 6 N–H and O–H groups in total. The fraction of sp³-hybridized carbons (Fsp3) is 0.350. The van der Waals surface area contributed by atoms with Crippen LogP contribution in [-0.2, 0) is 26.2 Å². The number of pyridine rings is 1.